The molecule has 1 aromatic heterocycles. The quantitative estimate of drug-likeness (QED) is 0.298. The van der Waals surface area contributed by atoms with Gasteiger partial charge in [-0.3, -0.25) is 14.7 Å². The number of aromatic nitrogens is 1. The van der Waals surface area contributed by atoms with Gasteiger partial charge in [-0.05, 0) is 67.2 Å². The van der Waals surface area contributed by atoms with Crippen molar-refractivity contribution in [3.63, 3.8) is 0 Å². The van der Waals surface area contributed by atoms with Crippen LogP contribution in [-0.4, -0.2) is 41.5 Å². The number of anilines is 2. The van der Waals surface area contributed by atoms with Crippen molar-refractivity contribution in [1.82, 2.24) is 15.2 Å². The summed E-state index contributed by atoms with van der Waals surface area (Å²) in [7, 11) is 0. The predicted octanol–water partition coefficient (Wildman–Crippen LogP) is 6.05. The maximum atomic E-state index is 13.5. The molecule has 0 bridgehead atoms. The van der Waals surface area contributed by atoms with E-state index >= 15 is 0 Å². The summed E-state index contributed by atoms with van der Waals surface area (Å²) >= 11 is 0. The Morgan fingerprint density at radius 2 is 1.58 bits per heavy atom. The van der Waals surface area contributed by atoms with E-state index in [1.54, 1.807) is 24.5 Å². The fourth-order valence-corrected chi connectivity index (χ4v) is 4.55. The summed E-state index contributed by atoms with van der Waals surface area (Å²) in [5, 5.41) is 2.95. The highest BCUT2D eigenvalue weighted by Gasteiger charge is 2.27. The van der Waals surface area contributed by atoms with Crippen LogP contribution in [0.5, 0.6) is 0 Å². The molecule has 0 atom stereocenters. The summed E-state index contributed by atoms with van der Waals surface area (Å²) < 4.78 is 0. The molecule has 1 aliphatic heterocycles. The standard InChI is InChI=1S/C30H34N4O2/c35-29(17-16-26-11-9-20-31-24-26)32-21-8-7-10-25-18-22-33(23-19-25)30(36)34(27-12-3-1-4-13-27)28-14-5-2-6-15-28/h1-6,9,11-17,20,24-25H,7-8,10,18-19,21-23H2,(H,32,35). The Morgan fingerprint density at radius 1 is 0.917 bits per heavy atom. The Bertz CT molecular complexity index is 1070. The number of hydrogen-bond acceptors (Lipinski definition) is 3. The first-order chi connectivity index (χ1) is 17.7. The molecule has 0 radical (unpaired) electrons. The zero-order valence-corrected chi connectivity index (χ0v) is 20.6. The molecular weight excluding hydrogens is 448 g/mol. The molecule has 1 fully saturated rings. The van der Waals surface area contributed by atoms with Crippen LogP contribution in [0.4, 0.5) is 16.2 Å². The highest BCUT2D eigenvalue weighted by Crippen LogP contribution is 2.29. The minimum absolute atomic E-state index is 0.0351. The fraction of sp³-hybridized carbons (Fsp3) is 0.300. The third kappa shape index (κ3) is 7.28. The van der Waals surface area contributed by atoms with Crippen LogP contribution in [-0.2, 0) is 4.79 Å². The van der Waals surface area contributed by atoms with Crippen LogP contribution in [0, 0.1) is 5.92 Å². The molecule has 0 unspecified atom stereocenters. The van der Waals surface area contributed by atoms with E-state index in [9.17, 15) is 9.59 Å². The molecule has 0 spiro atoms. The molecule has 2 heterocycles. The van der Waals surface area contributed by atoms with Gasteiger partial charge in [0.05, 0.1) is 11.4 Å². The molecule has 3 aromatic rings. The lowest BCUT2D eigenvalue weighted by atomic mass is 9.91. The molecule has 2 aromatic carbocycles. The van der Waals surface area contributed by atoms with Crippen molar-refractivity contribution in [3.05, 3.63) is 96.8 Å². The smallest absolute Gasteiger partial charge is 0.329 e. The highest BCUT2D eigenvalue weighted by molar-refractivity contribution is 5.99. The number of rotatable bonds is 9. The van der Waals surface area contributed by atoms with Gasteiger partial charge in [0.1, 0.15) is 0 Å². The Morgan fingerprint density at radius 3 is 2.19 bits per heavy atom. The first-order valence-electron chi connectivity index (χ1n) is 12.8. The van der Waals surface area contributed by atoms with Crippen LogP contribution < -0.4 is 10.2 Å². The van der Waals surface area contributed by atoms with Gasteiger partial charge in [-0.2, -0.15) is 0 Å². The number of nitrogens with zero attached hydrogens (tertiary/aromatic N) is 3. The fourth-order valence-electron chi connectivity index (χ4n) is 4.55. The van der Waals surface area contributed by atoms with Crippen LogP contribution in [0.3, 0.4) is 0 Å². The molecule has 4 rings (SSSR count). The number of likely N-dealkylation sites (tertiary alicyclic amines) is 1. The molecule has 0 aliphatic carbocycles. The third-order valence-corrected chi connectivity index (χ3v) is 6.56. The number of hydrogen-bond donors (Lipinski definition) is 1. The second-order valence-electron chi connectivity index (χ2n) is 9.13. The lowest BCUT2D eigenvalue weighted by Gasteiger charge is -2.36. The van der Waals surface area contributed by atoms with Crippen LogP contribution in [0.2, 0.25) is 0 Å². The van der Waals surface area contributed by atoms with Crippen LogP contribution in [0.25, 0.3) is 6.08 Å². The number of piperidine rings is 1. The molecular formula is C30H34N4O2. The zero-order valence-electron chi connectivity index (χ0n) is 20.6. The van der Waals surface area contributed by atoms with Crippen molar-refractivity contribution in [1.29, 1.82) is 0 Å². The van der Waals surface area contributed by atoms with Crippen molar-refractivity contribution in [2.75, 3.05) is 24.5 Å². The number of unbranched alkanes of at least 4 members (excludes halogenated alkanes) is 1. The maximum Gasteiger partial charge on any atom is 0.329 e. The largest absolute Gasteiger partial charge is 0.353 e. The third-order valence-electron chi connectivity index (χ3n) is 6.56. The van der Waals surface area contributed by atoms with E-state index in [2.05, 4.69) is 10.3 Å². The molecule has 6 heteroatoms. The van der Waals surface area contributed by atoms with Crippen molar-refractivity contribution in [3.8, 4) is 0 Å². The van der Waals surface area contributed by atoms with Gasteiger partial charge < -0.3 is 10.2 Å². The zero-order chi connectivity index (χ0) is 25.0. The van der Waals surface area contributed by atoms with Crippen LogP contribution in [0.1, 0.15) is 37.7 Å². The summed E-state index contributed by atoms with van der Waals surface area (Å²) in [6.45, 7) is 2.22. The average Bonchev–Trinajstić information content (AvgIpc) is 2.94. The summed E-state index contributed by atoms with van der Waals surface area (Å²) in [6.07, 6.45) is 12.0. The highest BCUT2D eigenvalue weighted by atomic mass is 16.2. The Balaban J connectivity index is 1.19. The molecule has 186 valence electrons. The molecule has 1 saturated heterocycles. The van der Waals surface area contributed by atoms with E-state index in [1.807, 2.05) is 82.6 Å². The number of nitrogens with one attached hydrogen (secondary N) is 1. The summed E-state index contributed by atoms with van der Waals surface area (Å²) in [6, 6.07) is 23.5. The Hall–Kier alpha value is -3.93. The van der Waals surface area contributed by atoms with Gasteiger partial charge in [-0.15, -0.1) is 0 Å². The number of pyridine rings is 1. The second kappa shape index (κ2) is 13.2. The number of para-hydroxylation sites is 2. The van der Waals surface area contributed by atoms with E-state index in [0.29, 0.717) is 12.5 Å². The van der Waals surface area contributed by atoms with Gasteiger partial charge in [-0.25, -0.2) is 4.79 Å². The lowest BCUT2D eigenvalue weighted by molar-refractivity contribution is -0.116. The van der Waals surface area contributed by atoms with Crippen LogP contribution in [0.15, 0.2) is 91.3 Å². The number of carbonyl (C=O) groups excluding carboxylic acids is 2. The van der Waals surface area contributed by atoms with Gasteiger partial charge in [0.15, 0.2) is 0 Å². The Kier molecular flexibility index (Phi) is 9.26. The first-order valence-corrected chi connectivity index (χ1v) is 12.8. The van der Waals surface area contributed by atoms with Crippen LogP contribution >= 0.6 is 0 Å². The van der Waals surface area contributed by atoms with E-state index in [1.165, 1.54) is 0 Å². The normalized spacial score (nSPS) is 14.1. The minimum Gasteiger partial charge on any atom is -0.353 e. The van der Waals surface area contributed by atoms with Gasteiger partial charge in [0.2, 0.25) is 5.91 Å². The van der Waals surface area contributed by atoms with Crippen molar-refractivity contribution in [2.24, 2.45) is 5.92 Å². The lowest BCUT2D eigenvalue weighted by Crippen LogP contribution is -2.45. The molecule has 6 nitrogen and oxygen atoms in total. The maximum absolute atomic E-state index is 13.5. The molecule has 0 saturated carbocycles. The summed E-state index contributed by atoms with van der Waals surface area (Å²) in [5.74, 6) is 0.546. The number of benzene rings is 2. The van der Waals surface area contributed by atoms with Gasteiger partial charge in [0.25, 0.3) is 0 Å². The van der Waals surface area contributed by atoms with Gasteiger partial charge >= 0.3 is 6.03 Å². The topological polar surface area (TPSA) is 65.5 Å². The first kappa shape index (κ1) is 25.2. The van der Waals surface area contributed by atoms with Crippen molar-refractivity contribution >= 4 is 29.4 Å². The van der Waals surface area contributed by atoms with Crippen molar-refractivity contribution < 1.29 is 9.59 Å². The Labute approximate surface area is 213 Å². The number of urea groups is 1. The van der Waals surface area contributed by atoms with E-state index in [0.717, 1.165) is 62.1 Å². The number of carbonyl (C=O) groups is 2. The van der Waals surface area contributed by atoms with E-state index in [-0.39, 0.29) is 11.9 Å². The average molecular weight is 483 g/mol. The molecule has 1 N–H and O–H groups in total. The second-order valence-corrected chi connectivity index (χ2v) is 9.13. The minimum atomic E-state index is -0.0768. The monoisotopic (exact) mass is 482 g/mol. The van der Waals surface area contributed by atoms with E-state index < -0.39 is 0 Å². The van der Waals surface area contributed by atoms with Gasteiger partial charge in [0, 0.05) is 38.1 Å². The molecule has 36 heavy (non-hydrogen) atoms. The molecule has 3 amide bonds. The van der Waals surface area contributed by atoms with Crippen molar-refractivity contribution in [2.45, 2.75) is 32.1 Å². The summed E-state index contributed by atoms with van der Waals surface area (Å²) in [4.78, 5) is 33.3. The molecule has 1 aliphatic rings. The predicted molar refractivity (Wildman–Crippen MR) is 145 cm³/mol. The SMILES string of the molecule is O=C(C=Cc1cccnc1)NCCCCC1CCN(C(=O)N(c2ccccc2)c2ccccc2)CC1. The van der Waals surface area contributed by atoms with E-state index in [4.69, 9.17) is 0 Å². The van der Waals surface area contributed by atoms with Gasteiger partial charge in [-0.1, -0.05) is 55.3 Å². The number of amides is 3. The summed E-state index contributed by atoms with van der Waals surface area (Å²) in [5.41, 5.74) is 2.68.